The maximum absolute atomic E-state index is 13.3. The maximum atomic E-state index is 13.3. The van der Waals surface area contributed by atoms with Crippen molar-refractivity contribution in [3.05, 3.63) is 95.8 Å². The Hall–Kier alpha value is -3.18. The maximum Gasteiger partial charge on any atom is 0.235 e. The molecule has 2 aliphatic rings. The van der Waals surface area contributed by atoms with E-state index in [1.807, 2.05) is 12.1 Å². The van der Waals surface area contributed by atoms with E-state index in [0.717, 1.165) is 63.2 Å². The number of nitrogens with one attached hydrogen (secondary N) is 1. The fraction of sp³-hybridized carbons (Fsp3) is 0.321. The predicted octanol–water partition coefficient (Wildman–Crippen LogP) is 5.21. The van der Waals surface area contributed by atoms with Gasteiger partial charge in [-0.25, -0.2) is 4.39 Å². The van der Waals surface area contributed by atoms with Crippen LogP contribution in [-0.4, -0.2) is 37.0 Å². The van der Waals surface area contributed by atoms with Crippen LogP contribution in [0.15, 0.2) is 78.9 Å². The highest BCUT2D eigenvalue weighted by atomic mass is 19.1. The number of rotatable bonds is 6. The number of benzene rings is 3. The third-order valence-electron chi connectivity index (χ3n) is 7.15. The molecule has 1 N–H and O–H groups in total. The van der Waals surface area contributed by atoms with Crippen LogP contribution in [0.25, 0.3) is 0 Å². The number of hydrogen-bond acceptors (Lipinski definition) is 3. The molecule has 33 heavy (non-hydrogen) atoms. The Bertz CT molecular complexity index is 1070. The highest BCUT2D eigenvalue weighted by Gasteiger charge is 2.45. The standard InChI is InChI=1S/C28H30FN3O/c29-24-9-7-23(8-10-24)28(15-4-16-28)27(33)30-25-11-13-26(14-12-25)32-19-17-31(18-20-32)21-22-5-2-1-3-6-22/h1-3,5-14H,4,15-21H2,(H,30,33). The fourth-order valence-corrected chi connectivity index (χ4v) is 4.96. The van der Waals surface area contributed by atoms with Crippen molar-refractivity contribution < 1.29 is 9.18 Å². The minimum Gasteiger partial charge on any atom is -0.369 e. The minimum atomic E-state index is -0.540. The number of anilines is 2. The summed E-state index contributed by atoms with van der Waals surface area (Å²) in [6.07, 6.45) is 2.62. The Kier molecular flexibility index (Phi) is 6.14. The number of nitrogens with zero attached hydrogens (tertiary/aromatic N) is 2. The monoisotopic (exact) mass is 443 g/mol. The van der Waals surface area contributed by atoms with E-state index >= 15 is 0 Å². The Morgan fingerprint density at radius 3 is 2.12 bits per heavy atom. The molecule has 0 atom stereocenters. The van der Waals surface area contributed by atoms with Gasteiger partial charge in [-0.1, -0.05) is 48.9 Å². The molecule has 1 aliphatic carbocycles. The quantitative estimate of drug-likeness (QED) is 0.568. The third-order valence-corrected chi connectivity index (χ3v) is 7.15. The summed E-state index contributed by atoms with van der Waals surface area (Å²) in [4.78, 5) is 18.0. The summed E-state index contributed by atoms with van der Waals surface area (Å²) in [7, 11) is 0. The van der Waals surface area contributed by atoms with Gasteiger partial charge in [-0.15, -0.1) is 0 Å². The minimum absolute atomic E-state index is 0.00244. The van der Waals surface area contributed by atoms with Crippen LogP contribution in [0.2, 0.25) is 0 Å². The van der Waals surface area contributed by atoms with Crippen LogP contribution in [-0.2, 0) is 16.8 Å². The zero-order valence-electron chi connectivity index (χ0n) is 18.8. The lowest BCUT2D eigenvalue weighted by atomic mass is 9.64. The van der Waals surface area contributed by atoms with Crippen LogP contribution < -0.4 is 10.2 Å². The summed E-state index contributed by atoms with van der Waals surface area (Å²) in [5.41, 5.74) is 3.71. The normalized spacial score (nSPS) is 17.9. The predicted molar refractivity (Wildman–Crippen MR) is 131 cm³/mol. The number of halogens is 1. The molecule has 1 amide bonds. The van der Waals surface area contributed by atoms with E-state index in [9.17, 15) is 9.18 Å². The van der Waals surface area contributed by atoms with Crippen molar-refractivity contribution in [2.45, 2.75) is 31.2 Å². The Labute approximate surface area is 195 Å². The first-order valence-corrected chi connectivity index (χ1v) is 11.8. The molecule has 0 aromatic heterocycles. The van der Waals surface area contributed by atoms with Crippen LogP contribution in [0.5, 0.6) is 0 Å². The number of piperazine rings is 1. The lowest BCUT2D eigenvalue weighted by Crippen LogP contribution is -2.46. The topological polar surface area (TPSA) is 35.6 Å². The first kappa shape index (κ1) is 21.7. The van der Waals surface area contributed by atoms with Gasteiger partial charge in [0.1, 0.15) is 5.82 Å². The van der Waals surface area contributed by atoms with Crippen LogP contribution in [0.4, 0.5) is 15.8 Å². The van der Waals surface area contributed by atoms with E-state index in [1.165, 1.54) is 23.4 Å². The second-order valence-corrected chi connectivity index (χ2v) is 9.19. The van der Waals surface area contributed by atoms with E-state index in [1.54, 1.807) is 12.1 Å². The van der Waals surface area contributed by atoms with Crippen molar-refractivity contribution in [1.82, 2.24) is 4.90 Å². The summed E-state index contributed by atoms with van der Waals surface area (Å²) in [6.45, 7) is 5.05. The molecule has 3 aromatic rings. The molecule has 3 aromatic carbocycles. The Morgan fingerprint density at radius 2 is 1.52 bits per heavy atom. The second-order valence-electron chi connectivity index (χ2n) is 9.19. The molecule has 170 valence electrons. The van der Waals surface area contributed by atoms with Gasteiger partial charge in [-0.2, -0.15) is 0 Å². The first-order valence-electron chi connectivity index (χ1n) is 11.8. The Morgan fingerprint density at radius 1 is 0.848 bits per heavy atom. The summed E-state index contributed by atoms with van der Waals surface area (Å²) in [6, 6.07) is 25.1. The average Bonchev–Trinajstić information content (AvgIpc) is 2.81. The summed E-state index contributed by atoms with van der Waals surface area (Å²) in [5, 5.41) is 3.10. The number of carbonyl (C=O) groups is 1. The van der Waals surface area contributed by atoms with Crippen molar-refractivity contribution >= 4 is 17.3 Å². The van der Waals surface area contributed by atoms with E-state index in [4.69, 9.17) is 0 Å². The van der Waals surface area contributed by atoms with Gasteiger partial charge in [0.25, 0.3) is 0 Å². The van der Waals surface area contributed by atoms with Crippen LogP contribution in [0, 0.1) is 5.82 Å². The van der Waals surface area contributed by atoms with E-state index in [2.05, 4.69) is 57.6 Å². The van der Waals surface area contributed by atoms with Crippen LogP contribution in [0.3, 0.4) is 0 Å². The van der Waals surface area contributed by atoms with Gasteiger partial charge in [-0.3, -0.25) is 9.69 Å². The Balaban J connectivity index is 1.18. The van der Waals surface area contributed by atoms with Crippen LogP contribution in [0.1, 0.15) is 30.4 Å². The molecule has 0 spiro atoms. The average molecular weight is 444 g/mol. The van der Waals surface area contributed by atoms with E-state index in [0.29, 0.717) is 0 Å². The largest absolute Gasteiger partial charge is 0.369 e. The third kappa shape index (κ3) is 4.64. The lowest BCUT2D eigenvalue weighted by molar-refractivity contribution is -0.124. The highest BCUT2D eigenvalue weighted by molar-refractivity contribution is 6.00. The smallest absolute Gasteiger partial charge is 0.235 e. The van der Waals surface area contributed by atoms with E-state index in [-0.39, 0.29) is 11.7 Å². The van der Waals surface area contributed by atoms with Crippen molar-refractivity contribution in [3.8, 4) is 0 Å². The molecule has 1 aliphatic heterocycles. The molecule has 4 nitrogen and oxygen atoms in total. The highest BCUT2D eigenvalue weighted by Crippen LogP contribution is 2.44. The van der Waals surface area contributed by atoms with Gasteiger partial charge in [0.15, 0.2) is 0 Å². The molecule has 5 rings (SSSR count). The molecule has 5 heteroatoms. The summed E-state index contributed by atoms with van der Waals surface area (Å²) in [5.74, 6) is -0.271. The molecule has 2 fully saturated rings. The van der Waals surface area contributed by atoms with Gasteiger partial charge in [-0.05, 0) is 60.4 Å². The summed E-state index contributed by atoms with van der Waals surface area (Å²) >= 11 is 0. The molecule has 1 saturated heterocycles. The van der Waals surface area contributed by atoms with Crippen molar-refractivity contribution in [1.29, 1.82) is 0 Å². The molecule has 0 radical (unpaired) electrons. The molecular weight excluding hydrogens is 413 g/mol. The number of hydrogen-bond donors (Lipinski definition) is 1. The van der Waals surface area contributed by atoms with E-state index < -0.39 is 5.41 Å². The number of amides is 1. The zero-order chi connectivity index (χ0) is 22.7. The molecular formula is C28H30FN3O. The SMILES string of the molecule is O=C(Nc1ccc(N2CCN(Cc3ccccc3)CC2)cc1)C1(c2ccc(F)cc2)CCC1. The second kappa shape index (κ2) is 9.36. The summed E-state index contributed by atoms with van der Waals surface area (Å²) < 4.78 is 13.3. The van der Waals surface area contributed by atoms with Crippen molar-refractivity contribution in [2.75, 3.05) is 36.4 Å². The van der Waals surface area contributed by atoms with Crippen molar-refractivity contribution in [3.63, 3.8) is 0 Å². The van der Waals surface area contributed by atoms with Gasteiger partial charge < -0.3 is 10.2 Å². The molecule has 0 bridgehead atoms. The van der Waals surface area contributed by atoms with Gasteiger partial charge in [0, 0.05) is 44.1 Å². The van der Waals surface area contributed by atoms with Gasteiger partial charge >= 0.3 is 0 Å². The lowest BCUT2D eigenvalue weighted by Gasteiger charge is -2.40. The number of carbonyl (C=O) groups excluding carboxylic acids is 1. The molecule has 1 heterocycles. The van der Waals surface area contributed by atoms with Gasteiger partial charge in [0.2, 0.25) is 5.91 Å². The first-order chi connectivity index (χ1) is 16.1. The van der Waals surface area contributed by atoms with Crippen molar-refractivity contribution in [2.24, 2.45) is 0 Å². The fourth-order valence-electron chi connectivity index (χ4n) is 4.96. The van der Waals surface area contributed by atoms with Gasteiger partial charge in [0.05, 0.1) is 5.41 Å². The zero-order valence-corrected chi connectivity index (χ0v) is 18.8. The van der Waals surface area contributed by atoms with Crippen LogP contribution >= 0.6 is 0 Å². The molecule has 0 unspecified atom stereocenters. The molecule has 1 saturated carbocycles.